The first-order chi connectivity index (χ1) is 11.7. The normalized spacial score (nSPS) is 12.5. The largest absolute Gasteiger partial charge is 0.454 e. The number of nitrogens with one attached hydrogen (secondary N) is 1. The van der Waals surface area contributed by atoms with Gasteiger partial charge < -0.3 is 14.8 Å². The molecule has 1 aliphatic heterocycles. The van der Waals surface area contributed by atoms with E-state index in [9.17, 15) is 4.79 Å². The Hall–Kier alpha value is -2.73. The summed E-state index contributed by atoms with van der Waals surface area (Å²) in [4.78, 5) is 12.3. The molecule has 0 saturated carbocycles. The number of amides is 1. The van der Waals surface area contributed by atoms with Crippen LogP contribution >= 0.6 is 11.6 Å². The quantitative estimate of drug-likeness (QED) is 0.791. The molecule has 0 fully saturated rings. The maximum absolute atomic E-state index is 12.3. The molecular formula is C17H14ClN3O3. The van der Waals surface area contributed by atoms with Crippen molar-refractivity contribution in [3.8, 4) is 11.5 Å². The van der Waals surface area contributed by atoms with Gasteiger partial charge in [-0.1, -0.05) is 23.7 Å². The van der Waals surface area contributed by atoms with E-state index in [2.05, 4.69) is 10.4 Å². The van der Waals surface area contributed by atoms with Crippen LogP contribution in [0.15, 0.2) is 42.6 Å². The van der Waals surface area contributed by atoms with Gasteiger partial charge in [-0.25, -0.2) is 4.52 Å². The molecular weight excluding hydrogens is 330 g/mol. The molecule has 4 rings (SSSR count). The summed E-state index contributed by atoms with van der Waals surface area (Å²) < 4.78 is 12.2. The highest BCUT2D eigenvalue weighted by Crippen LogP contribution is 2.32. The first kappa shape index (κ1) is 14.8. The third kappa shape index (κ3) is 2.65. The van der Waals surface area contributed by atoms with Crippen LogP contribution < -0.4 is 14.8 Å². The fourth-order valence-corrected chi connectivity index (χ4v) is 2.89. The van der Waals surface area contributed by atoms with Crippen LogP contribution in [0.1, 0.15) is 16.1 Å². The van der Waals surface area contributed by atoms with E-state index in [-0.39, 0.29) is 18.4 Å². The highest BCUT2D eigenvalue weighted by Gasteiger charge is 2.17. The number of hydrogen-bond donors (Lipinski definition) is 1. The summed E-state index contributed by atoms with van der Waals surface area (Å²) in [6.07, 6.45) is 2.43. The second kappa shape index (κ2) is 6.05. The van der Waals surface area contributed by atoms with Crippen molar-refractivity contribution in [2.24, 2.45) is 0 Å². The fraction of sp³-hybridized carbons (Fsp3) is 0.176. The lowest BCUT2D eigenvalue weighted by atomic mass is 10.1. The van der Waals surface area contributed by atoms with E-state index < -0.39 is 0 Å². The second-order valence-corrected chi connectivity index (χ2v) is 5.76. The number of pyridine rings is 1. The van der Waals surface area contributed by atoms with Gasteiger partial charge in [-0.3, -0.25) is 4.79 Å². The van der Waals surface area contributed by atoms with Gasteiger partial charge in [-0.2, -0.15) is 5.10 Å². The first-order valence-electron chi connectivity index (χ1n) is 7.52. The second-order valence-electron chi connectivity index (χ2n) is 5.39. The molecule has 7 heteroatoms. The topological polar surface area (TPSA) is 64.9 Å². The molecule has 0 bridgehead atoms. The lowest BCUT2D eigenvalue weighted by Gasteiger charge is -2.05. The predicted octanol–water partition coefficient (Wildman–Crippen LogP) is 2.69. The van der Waals surface area contributed by atoms with Gasteiger partial charge in [0.25, 0.3) is 5.91 Å². The summed E-state index contributed by atoms with van der Waals surface area (Å²) in [5.41, 5.74) is 1.99. The summed E-state index contributed by atoms with van der Waals surface area (Å²) in [5, 5.41) is 7.42. The van der Waals surface area contributed by atoms with Crippen molar-refractivity contribution in [3.63, 3.8) is 0 Å². The molecule has 1 amide bonds. The molecule has 24 heavy (non-hydrogen) atoms. The Morgan fingerprint density at radius 1 is 1.25 bits per heavy atom. The molecule has 0 spiro atoms. The molecule has 0 saturated heterocycles. The first-order valence-corrected chi connectivity index (χ1v) is 7.90. The van der Waals surface area contributed by atoms with E-state index >= 15 is 0 Å². The van der Waals surface area contributed by atoms with Crippen molar-refractivity contribution in [3.05, 3.63) is 58.9 Å². The van der Waals surface area contributed by atoms with Gasteiger partial charge in [-0.15, -0.1) is 0 Å². The average Bonchev–Trinajstić information content (AvgIpc) is 3.19. The van der Waals surface area contributed by atoms with Crippen LogP contribution in [0.3, 0.4) is 0 Å². The highest BCUT2D eigenvalue weighted by molar-refractivity contribution is 6.36. The van der Waals surface area contributed by atoms with E-state index in [4.69, 9.17) is 21.1 Å². The Morgan fingerprint density at radius 2 is 2.12 bits per heavy atom. The van der Waals surface area contributed by atoms with Crippen molar-refractivity contribution in [1.29, 1.82) is 0 Å². The van der Waals surface area contributed by atoms with E-state index in [1.54, 1.807) is 10.7 Å². The zero-order valence-corrected chi connectivity index (χ0v) is 13.4. The van der Waals surface area contributed by atoms with Crippen molar-refractivity contribution in [2.75, 3.05) is 13.3 Å². The van der Waals surface area contributed by atoms with Crippen LogP contribution in [0, 0.1) is 0 Å². The third-order valence-corrected chi connectivity index (χ3v) is 4.20. The molecule has 0 aliphatic carbocycles. The summed E-state index contributed by atoms with van der Waals surface area (Å²) >= 11 is 6.24. The summed E-state index contributed by atoms with van der Waals surface area (Å²) in [6, 6.07) is 11.3. The van der Waals surface area contributed by atoms with Crippen LogP contribution in [-0.4, -0.2) is 28.9 Å². The Morgan fingerprint density at radius 3 is 3.00 bits per heavy atom. The molecule has 3 aromatic rings. The zero-order valence-electron chi connectivity index (χ0n) is 12.7. The number of nitrogens with zero attached hydrogens (tertiary/aromatic N) is 2. The molecule has 0 atom stereocenters. The Labute approximate surface area is 142 Å². The van der Waals surface area contributed by atoms with Crippen molar-refractivity contribution >= 4 is 23.0 Å². The minimum Gasteiger partial charge on any atom is -0.454 e. The minimum atomic E-state index is -0.288. The van der Waals surface area contributed by atoms with E-state index in [0.29, 0.717) is 23.5 Å². The number of hydrogen-bond acceptors (Lipinski definition) is 4. The summed E-state index contributed by atoms with van der Waals surface area (Å²) in [5.74, 6) is 1.20. The number of aromatic nitrogens is 2. The molecule has 1 aromatic carbocycles. The van der Waals surface area contributed by atoms with Crippen LogP contribution in [0.25, 0.3) is 5.52 Å². The smallest absolute Gasteiger partial charge is 0.273 e. The van der Waals surface area contributed by atoms with E-state index in [0.717, 1.165) is 17.1 Å². The van der Waals surface area contributed by atoms with Crippen LogP contribution in [0.5, 0.6) is 11.5 Å². The maximum Gasteiger partial charge on any atom is 0.273 e. The van der Waals surface area contributed by atoms with Gasteiger partial charge in [0.05, 0.1) is 10.5 Å². The number of benzene rings is 1. The number of rotatable bonds is 4. The molecule has 0 unspecified atom stereocenters. The van der Waals surface area contributed by atoms with Gasteiger partial charge in [-0.05, 0) is 36.2 Å². The Bertz CT molecular complexity index is 923. The summed E-state index contributed by atoms with van der Waals surface area (Å²) in [6.45, 7) is 0.727. The third-order valence-electron chi connectivity index (χ3n) is 3.83. The predicted molar refractivity (Wildman–Crippen MR) is 88.8 cm³/mol. The standard InChI is InChI=1S/C17H14ClN3O3/c18-15-12-3-1-2-8-21(12)20-16(15)17(22)19-7-6-11-4-5-13-14(9-11)24-10-23-13/h1-5,8-9H,6-7,10H2,(H,19,22). The number of carbonyl (C=O) groups is 1. The van der Waals surface area contributed by atoms with E-state index in [1.807, 2.05) is 36.4 Å². The summed E-state index contributed by atoms with van der Waals surface area (Å²) in [7, 11) is 0. The van der Waals surface area contributed by atoms with Crippen LogP contribution in [-0.2, 0) is 6.42 Å². The lowest BCUT2D eigenvalue weighted by Crippen LogP contribution is -2.26. The van der Waals surface area contributed by atoms with Gasteiger partial charge >= 0.3 is 0 Å². The number of halogens is 1. The van der Waals surface area contributed by atoms with Crippen molar-refractivity contribution in [1.82, 2.24) is 14.9 Å². The molecule has 3 heterocycles. The Balaban J connectivity index is 1.42. The molecule has 6 nitrogen and oxygen atoms in total. The molecule has 1 N–H and O–H groups in total. The van der Waals surface area contributed by atoms with Crippen LogP contribution in [0.2, 0.25) is 5.02 Å². The molecule has 122 valence electrons. The van der Waals surface area contributed by atoms with Gasteiger partial charge in [0.15, 0.2) is 17.2 Å². The number of carbonyl (C=O) groups excluding carboxylic acids is 1. The van der Waals surface area contributed by atoms with Crippen molar-refractivity contribution < 1.29 is 14.3 Å². The van der Waals surface area contributed by atoms with Gasteiger partial charge in [0, 0.05) is 12.7 Å². The number of ether oxygens (including phenoxy) is 2. The molecule has 2 aromatic heterocycles. The fourth-order valence-electron chi connectivity index (χ4n) is 2.61. The highest BCUT2D eigenvalue weighted by atomic mass is 35.5. The SMILES string of the molecule is O=C(NCCc1ccc2c(c1)OCO2)c1nn2ccccc2c1Cl. The van der Waals surface area contributed by atoms with Gasteiger partial charge in [0.1, 0.15) is 0 Å². The minimum absolute atomic E-state index is 0.230. The van der Waals surface area contributed by atoms with Crippen molar-refractivity contribution in [2.45, 2.75) is 6.42 Å². The maximum atomic E-state index is 12.3. The zero-order chi connectivity index (χ0) is 16.5. The average molecular weight is 344 g/mol. The van der Waals surface area contributed by atoms with Crippen LogP contribution in [0.4, 0.5) is 0 Å². The van der Waals surface area contributed by atoms with E-state index in [1.165, 1.54) is 0 Å². The van der Waals surface area contributed by atoms with Gasteiger partial charge in [0.2, 0.25) is 6.79 Å². The molecule has 1 aliphatic rings. The number of fused-ring (bicyclic) bond motifs is 2. The Kier molecular flexibility index (Phi) is 3.74. The monoisotopic (exact) mass is 343 g/mol. The lowest BCUT2D eigenvalue weighted by molar-refractivity contribution is 0.0949. The molecule has 0 radical (unpaired) electrons.